The molecule has 0 spiro atoms. The molecule has 0 saturated carbocycles. The van der Waals surface area contributed by atoms with Crippen molar-refractivity contribution in [3.05, 3.63) is 71.1 Å². The summed E-state index contributed by atoms with van der Waals surface area (Å²) in [4.78, 5) is 16.7. The summed E-state index contributed by atoms with van der Waals surface area (Å²) in [5, 5.41) is 13.8. The smallest absolute Gasteiger partial charge is 0.162 e. The Morgan fingerprint density at radius 1 is 0.907 bits per heavy atom. The molecule has 3 aromatic rings. The predicted octanol–water partition coefficient (Wildman–Crippen LogP) is 9.99. The van der Waals surface area contributed by atoms with E-state index in [9.17, 15) is 9.90 Å². The maximum Gasteiger partial charge on any atom is 0.162 e. The van der Waals surface area contributed by atoms with Crippen molar-refractivity contribution in [2.24, 2.45) is 11.8 Å². The fourth-order valence-electron chi connectivity index (χ4n) is 6.71. The molecule has 1 radical (unpaired) electrons. The second kappa shape index (κ2) is 14.4. The third-order valence-electron chi connectivity index (χ3n) is 10.1. The number of allylic oxidation sites excluding steroid dienone is 2. The van der Waals surface area contributed by atoms with E-state index in [4.69, 9.17) is 4.98 Å². The molecule has 0 fully saturated rings. The fraction of sp³-hybridized carbons (Fsp3) is 0.526. The van der Waals surface area contributed by atoms with E-state index in [2.05, 4.69) is 90.7 Å². The van der Waals surface area contributed by atoms with Crippen LogP contribution in [0.25, 0.3) is 22.0 Å². The van der Waals surface area contributed by atoms with Crippen LogP contribution in [0.2, 0.25) is 19.6 Å². The van der Waals surface area contributed by atoms with Crippen molar-refractivity contribution in [1.82, 2.24) is 4.98 Å². The van der Waals surface area contributed by atoms with Crippen LogP contribution in [0.15, 0.2) is 48.4 Å². The first kappa shape index (κ1) is 37.1. The average molecular weight is 777 g/mol. The molecule has 5 heteroatoms. The Morgan fingerprint density at radius 3 is 1.98 bits per heavy atom. The quantitative estimate of drug-likeness (QED) is 0.107. The first-order chi connectivity index (χ1) is 19.6. The number of ketones is 1. The summed E-state index contributed by atoms with van der Waals surface area (Å²) in [6, 6.07) is 14.7. The van der Waals surface area contributed by atoms with Crippen LogP contribution in [0, 0.1) is 24.8 Å². The number of aliphatic hydroxyl groups excluding tert-OH is 1. The van der Waals surface area contributed by atoms with Crippen LogP contribution in [0.4, 0.5) is 0 Å². The van der Waals surface area contributed by atoms with Crippen molar-refractivity contribution in [2.75, 3.05) is 0 Å². The SMILES string of the molecule is CCC(CC)C(=O)/C=C(\O)C(CC)CC.Cc1c2c([c-]c3ccccc13)-c1nccc([Si](C)(C)C)c1C(C)(C)C2(C)C.[Ir]. The minimum absolute atomic E-state index is 0. The van der Waals surface area contributed by atoms with E-state index in [0.717, 1.165) is 31.4 Å². The van der Waals surface area contributed by atoms with Crippen molar-refractivity contribution in [1.29, 1.82) is 0 Å². The number of benzene rings is 2. The second-order valence-electron chi connectivity index (χ2n) is 14.1. The van der Waals surface area contributed by atoms with Gasteiger partial charge in [0.05, 0.1) is 13.8 Å². The van der Waals surface area contributed by atoms with E-state index in [1.165, 1.54) is 44.3 Å². The Morgan fingerprint density at radius 2 is 1.44 bits per heavy atom. The van der Waals surface area contributed by atoms with Gasteiger partial charge < -0.3 is 5.11 Å². The second-order valence-corrected chi connectivity index (χ2v) is 19.2. The molecular weight excluding hydrogens is 723 g/mol. The molecule has 1 aromatic heterocycles. The number of hydrogen-bond donors (Lipinski definition) is 1. The molecule has 2 aromatic carbocycles. The number of aromatic nitrogens is 1. The molecule has 1 N–H and O–H groups in total. The number of aliphatic hydroxyl groups is 1. The van der Waals surface area contributed by atoms with Gasteiger partial charge in [0.15, 0.2) is 5.78 Å². The molecule has 0 amide bonds. The Hall–Kier alpha value is -2.07. The van der Waals surface area contributed by atoms with Crippen LogP contribution in [0.3, 0.4) is 0 Å². The standard InChI is InChI=1S/C25H30NSi.C13H24O2.Ir/c1-16-18-12-10-9-11-17(18)15-19-21(16)24(2,3)25(4,5)22-20(27(6,7)8)13-14-26-23(19)22;1-5-10(6-2)12(14)9-13(15)11(7-3)8-4;/h9-14H,1-8H3;9-11,14H,5-8H2,1-4H3;/q-1;;/b;12-9-;. The summed E-state index contributed by atoms with van der Waals surface area (Å²) >= 11 is 0. The van der Waals surface area contributed by atoms with Gasteiger partial charge in [-0.25, -0.2) is 0 Å². The van der Waals surface area contributed by atoms with Crippen LogP contribution in [0.5, 0.6) is 0 Å². The van der Waals surface area contributed by atoms with E-state index >= 15 is 0 Å². The predicted molar refractivity (Wildman–Crippen MR) is 184 cm³/mol. The normalized spacial score (nSPS) is 15.3. The molecule has 237 valence electrons. The first-order valence-electron chi connectivity index (χ1n) is 16.0. The summed E-state index contributed by atoms with van der Waals surface area (Å²) < 4.78 is 0. The van der Waals surface area contributed by atoms with Gasteiger partial charge in [0, 0.05) is 49.9 Å². The Kier molecular flexibility index (Phi) is 12.4. The molecule has 3 nitrogen and oxygen atoms in total. The van der Waals surface area contributed by atoms with E-state index in [1.54, 1.807) is 0 Å². The molecule has 0 saturated heterocycles. The van der Waals surface area contributed by atoms with Gasteiger partial charge in [0.2, 0.25) is 0 Å². The Balaban J connectivity index is 0.000000348. The Labute approximate surface area is 276 Å². The van der Waals surface area contributed by atoms with Gasteiger partial charge in [-0.15, -0.1) is 23.1 Å². The summed E-state index contributed by atoms with van der Waals surface area (Å²) in [7, 11) is -1.51. The summed E-state index contributed by atoms with van der Waals surface area (Å²) in [5.41, 5.74) is 6.61. The van der Waals surface area contributed by atoms with Gasteiger partial charge in [-0.1, -0.05) is 127 Å². The topological polar surface area (TPSA) is 50.2 Å². The van der Waals surface area contributed by atoms with Crippen molar-refractivity contribution in [3.63, 3.8) is 0 Å². The van der Waals surface area contributed by atoms with Crippen LogP contribution in [-0.4, -0.2) is 23.9 Å². The van der Waals surface area contributed by atoms with Crippen molar-refractivity contribution in [2.45, 2.75) is 118 Å². The molecule has 0 unspecified atom stereocenters. The molecule has 1 aliphatic carbocycles. The van der Waals surface area contributed by atoms with Crippen molar-refractivity contribution in [3.8, 4) is 11.3 Å². The van der Waals surface area contributed by atoms with E-state index in [1.807, 2.05) is 33.9 Å². The molecule has 0 aliphatic heterocycles. The van der Waals surface area contributed by atoms with Gasteiger partial charge in [0.25, 0.3) is 0 Å². The van der Waals surface area contributed by atoms with E-state index < -0.39 is 8.07 Å². The minimum Gasteiger partial charge on any atom is -0.512 e. The maximum absolute atomic E-state index is 11.7. The maximum atomic E-state index is 11.7. The number of aryl methyl sites for hydroxylation is 1. The first-order valence-corrected chi connectivity index (χ1v) is 19.5. The van der Waals surface area contributed by atoms with Gasteiger partial charge in [0.1, 0.15) is 0 Å². The molecule has 43 heavy (non-hydrogen) atoms. The van der Waals surface area contributed by atoms with Crippen LogP contribution in [0.1, 0.15) is 97.8 Å². The molecule has 4 rings (SSSR count). The van der Waals surface area contributed by atoms with Gasteiger partial charge in [-0.2, -0.15) is 0 Å². The Bertz CT molecular complexity index is 1460. The molecular formula is C38H54IrNO2Si-. The molecule has 1 heterocycles. The number of pyridine rings is 1. The van der Waals surface area contributed by atoms with Crippen LogP contribution in [-0.2, 0) is 35.7 Å². The molecule has 1 aliphatic rings. The third kappa shape index (κ3) is 7.10. The fourth-order valence-corrected chi connectivity index (χ4v) is 8.47. The zero-order valence-corrected chi connectivity index (χ0v) is 32.1. The summed E-state index contributed by atoms with van der Waals surface area (Å²) in [6.07, 6.45) is 6.92. The average Bonchev–Trinajstić information content (AvgIpc) is 2.93. The molecule has 0 atom stereocenters. The zero-order valence-electron chi connectivity index (χ0n) is 28.7. The summed E-state index contributed by atoms with van der Waals surface area (Å²) in [5.74, 6) is 0.547. The summed E-state index contributed by atoms with van der Waals surface area (Å²) in [6.45, 7) is 27.3. The largest absolute Gasteiger partial charge is 0.512 e. The zero-order chi connectivity index (χ0) is 31.6. The number of hydrogen-bond acceptors (Lipinski definition) is 3. The monoisotopic (exact) mass is 777 g/mol. The van der Waals surface area contributed by atoms with Gasteiger partial charge in [-0.3, -0.25) is 9.78 Å². The number of rotatable bonds is 8. The van der Waals surface area contributed by atoms with E-state index in [0.29, 0.717) is 0 Å². The third-order valence-corrected chi connectivity index (χ3v) is 12.1. The number of carbonyl (C=O) groups excluding carboxylic acids is 1. The minimum atomic E-state index is -1.51. The van der Waals surface area contributed by atoms with Crippen LogP contribution >= 0.6 is 0 Å². The number of carbonyl (C=O) groups is 1. The number of nitrogens with zero attached hydrogens (tertiary/aromatic N) is 1. The van der Waals surface area contributed by atoms with Crippen LogP contribution < -0.4 is 5.19 Å². The van der Waals surface area contributed by atoms with Gasteiger partial charge >= 0.3 is 0 Å². The molecule has 0 bridgehead atoms. The van der Waals surface area contributed by atoms with Crippen molar-refractivity contribution < 1.29 is 30.0 Å². The van der Waals surface area contributed by atoms with Gasteiger partial charge in [-0.05, 0) is 42.6 Å². The number of fused-ring (bicyclic) bond motifs is 4. The van der Waals surface area contributed by atoms with E-state index in [-0.39, 0.29) is 54.3 Å². The van der Waals surface area contributed by atoms with Crippen molar-refractivity contribution >= 4 is 29.8 Å².